The molecule has 0 radical (unpaired) electrons. The summed E-state index contributed by atoms with van der Waals surface area (Å²) in [7, 11) is 4.06. The van der Waals surface area contributed by atoms with Crippen LogP contribution >= 0.6 is 24.0 Å². The highest BCUT2D eigenvalue weighted by molar-refractivity contribution is 6.31. The molecular formula is C13H20Cl2N2. The lowest BCUT2D eigenvalue weighted by atomic mass is 9.97. The third-order valence-electron chi connectivity index (χ3n) is 3.19. The fourth-order valence-corrected chi connectivity index (χ4v) is 2.50. The van der Waals surface area contributed by atoms with Crippen molar-refractivity contribution in [3.63, 3.8) is 0 Å². The molecule has 0 aromatic heterocycles. The van der Waals surface area contributed by atoms with Gasteiger partial charge in [-0.05, 0) is 37.1 Å². The third kappa shape index (κ3) is 3.51. The highest BCUT2D eigenvalue weighted by Gasteiger charge is 2.17. The van der Waals surface area contributed by atoms with E-state index in [2.05, 4.69) is 22.3 Å². The molecule has 0 spiro atoms. The van der Waals surface area contributed by atoms with Gasteiger partial charge in [-0.1, -0.05) is 24.1 Å². The van der Waals surface area contributed by atoms with E-state index < -0.39 is 0 Å². The van der Waals surface area contributed by atoms with E-state index in [4.69, 9.17) is 11.6 Å². The molecule has 0 amide bonds. The molecule has 2 rings (SSSR count). The van der Waals surface area contributed by atoms with E-state index in [1.165, 1.54) is 24.8 Å². The maximum atomic E-state index is 6.34. The van der Waals surface area contributed by atoms with E-state index in [9.17, 15) is 0 Å². The molecule has 2 nitrogen and oxygen atoms in total. The molecule has 0 saturated carbocycles. The number of piperidine rings is 1. The van der Waals surface area contributed by atoms with E-state index in [-0.39, 0.29) is 12.4 Å². The van der Waals surface area contributed by atoms with Gasteiger partial charge in [0.2, 0.25) is 0 Å². The summed E-state index contributed by atoms with van der Waals surface area (Å²) in [6.07, 6.45) is 3.77. The summed E-state index contributed by atoms with van der Waals surface area (Å²) in [6, 6.07) is 6.78. The number of anilines is 1. The molecule has 1 fully saturated rings. The van der Waals surface area contributed by atoms with Gasteiger partial charge in [0.1, 0.15) is 0 Å². The number of nitrogens with zero attached hydrogens (tertiary/aromatic N) is 1. The summed E-state index contributed by atoms with van der Waals surface area (Å²) in [5.74, 6) is 0. The largest absolute Gasteiger partial charge is 0.378 e. The molecule has 17 heavy (non-hydrogen) atoms. The lowest BCUT2D eigenvalue weighted by molar-refractivity contribution is 0.412. The van der Waals surface area contributed by atoms with Gasteiger partial charge in [-0.2, -0.15) is 0 Å². The molecule has 1 aromatic carbocycles. The number of hydrogen-bond acceptors (Lipinski definition) is 2. The highest BCUT2D eigenvalue weighted by Crippen LogP contribution is 2.31. The van der Waals surface area contributed by atoms with Crippen molar-refractivity contribution in [1.29, 1.82) is 0 Å². The molecule has 96 valence electrons. The van der Waals surface area contributed by atoms with Crippen molar-refractivity contribution in [1.82, 2.24) is 5.32 Å². The van der Waals surface area contributed by atoms with Gasteiger partial charge in [-0.25, -0.2) is 0 Å². The van der Waals surface area contributed by atoms with Crippen molar-refractivity contribution in [3.8, 4) is 0 Å². The van der Waals surface area contributed by atoms with Gasteiger partial charge in [0.15, 0.2) is 0 Å². The van der Waals surface area contributed by atoms with Gasteiger partial charge >= 0.3 is 0 Å². The van der Waals surface area contributed by atoms with Crippen LogP contribution in [0.4, 0.5) is 5.69 Å². The van der Waals surface area contributed by atoms with Crippen LogP contribution < -0.4 is 10.2 Å². The number of hydrogen-bond donors (Lipinski definition) is 1. The Bertz CT molecular complexity index is 360. The molecule has 1 aromatic rings. The zero-order valence-corrected chi connectivity index (χ0v) is 11.9. The lowest BCUT2D eigenvalue weighted by Crippen LogP contribution is -2.27. The molecule has 0 bridgehead atoms. The van der Waals surface area contributed by atoms with Gasteiger partial charge in [0.25, 0.3) is 0 Å². The molecule has 0 unspecified atom stereocenters. The van der Waals surface area contributed by atoms with Crippen LogP contribution in [-0.2, 0) is 0 Å². The van der Waals surface area contributed by atoms with Gasteiger partial charge in [-0.15, -0.1) is 12.4 Å². The second kappa shape index (κ2) is 6.48. The summed E-state index contributed by atoms with van der Waals surface area (Å²) in [6.45, 7) is 1.11. The van der Waals surface area contributed by atoms with Gasteiger partial charge in [-0.3, -0.25) is 0 Å². The van der Waals surface area contributed by atoms with Crippen molar-refractivity contribution in [2.45, 2.75) is 25.3 Å². The van der Waals surface area contributed by atoms with Crippen molar-refractivity contribution >= 4 is 29.7 Å². The molecule has 1 atom stereocenters. The minimum Gasteiger partial charge on any atom is -0.378 e. The number of benzene rings is 1. The van der Waals surface area contributed by atoms with Crippen LogP contribution in [-0.4, -0.2) is 20.6 Å². The van der Waals surface area contributed by atoms with Crippen molar-refractivity contribution < 1.29 is 0 Å². The Labute approximate surface area is 115 Å². The molecule has 1 N–H and O–H groups in total. The van der Waals surface area contributed by atoms with Crippen molar-refractivity contribution in [2.75, 3.05) is 25.5 Å². The maximum absolute atomic E-state index is 6.34. The highest BCUT2D eigenvalue weighted by atomic mass is 35.5. The third-order valence-corrected chi connectivity index (χ3v) is 3.51. The van der Waals surface area contributed by atoms with Gasteiger partial charge in [0, 0.05) is 30.8 Å². The van der Waals surface area contributed by atoms with Crippen LogP contribution in [0.5, 0.6) is 0 Å². The van der Waals surface area contributed by atoms with Crippen LogP contribution in [0.15, 0.2) is 18.2 Å². The summed E-state index contributed by atoms with van der Waals surface area (Å²) >= 11 is 6.34. The monoisotopic (exact) mass is 274 g/mol. The minimum atomic E-state index is 0. The van der Waals surface area contributed by atoms with Crippen LogP contribution in [0.1, 0.15) is 30.9 Å². The number of nitrogens with one attached hydrogen (secondary N) is 1. The standard InChI is InChI=1S/C13H19ClN2.ClH/c1-16(2)10-6-7-11(12(14)9-10)13-5-3-4-8-15-13;/h6-7,9,13,15H,3-5,8H2,1-2H3;1H/t13-;/m1./s1. The van der Waals surface area contributed by atoms with Crippen LogP contribution in [0, 0.1) is 0 Å². The Kier molecular flexibility index (Phi) is 5.57. The molecule has 4 heteroatoms. The van der Waals surface area contributed by atoms with Gasteiger partial charge in [0.05, 0.1) is 0 Å². The molecule has 1 heterocycles. The first-order valence-corrected chi connectivity index (χ1v) is 6.26. The van der Waals surface area contributed by atoms with Crippen LogP contribution in [0.3, 0.4) is 0 Å². The predicted octanol–water partition coefficient (Wildman–Crippen LogP) is 3.64. The SMILES string of the molecule is CN(C)c1ccc([C@H]2CCCCN2)c(Cl)c1.Cl. The zero-order chi connectivity index (χ0) is 11.5. The minimum absolute atomic E-state index is 0. The quantitative estimate of drug-likeness (QED) is 0.886. The Morgan fingerprint density at radius 2 is 2.06 bits per heavy atom. The van der Waals surface area contributed by atoms with Crippen molar-refractivity contribution in [2.24, 2.45) is 0 Å². The summed E-state index contributed by atoms with van der Waals surface area (Å²) in [4.78, 5) is 2.07. The van der Waals surface area contributed by atoms with Crippen LogP contribution in [0.25, 0.3) is 0 Å². The maximum Gasteiger partial charge on any atom is 0.0474 e. The summed E-state index contributed by atoms with van der Waals surface area (Å²) < 4.78 is 0. The number of halogens is 2. The summed E-state index contributed by atoms with van der Waals surface area (Å²) in [5, 5.41) is 4.41. The Hall–Kier alpha value is -0.440. The van der Waals surface area contributed by atoms with E-state index >= 15 is 0 Å². The zero-order valence-electron chi connectivity index (χ0n) is 10.4. The first-order chi connectivity index (χ1) is 7.68. The van der Waals surface area contributed by atoms with E-state index in [1.807, 2.05) is 20.2 Å². The predicted molar refractivity (Wildman–Crippen MR) is 77.6 cm³/mol. The second-order valence-electron chi connectivity index (χ2n) is 4.60. The second-order valence-corrected chi connectivity index (χ2v) is 5.01. The van der Waals surface area contributed by atoms with Gasteiger partial charge < -0.3 is 10.2 Å². The van der Waals surface area contributed by atoms with Crippen molar-refractivity contribution in [3.05, 3.63) is 28.8 Å². The fourth-order valence-electron chi connectivity index (χ4n) is 2.19. The molecule has 1 saturated heterocycles. The average molecular weight is 275 g/mol. The smallest absolute Gasteiger partial charge is 0.0474 e. The first-order valence-electron chi connectivity index (χ1n) is 5.88. The van der Waals surface area contributed by atoms with Crippen LogP contribution in [0.2, 0.25) is 5.02 Å². The normalized spacial score (nSPS) is 19.6. The van der Waals surface area contributed by atoms with E-state index in [1.54, 1.807) is 0 Å². The Morgan fingerprint density at radius 1 is 1.29 bits per heavy atom. The molecular weight excluding hydrogens is 255 g/mol. The topological polar surface area (TPSA) is 15.3 Å². The Morgan fingerprint density at radius 3 is 2.59 bits per heavy atom. The van der Waals surface area contributed by atoms with E-state index in [0.717, 1.165) is 17.3 Å². The lowest BCUT2D eigenvalue weighted by Gasteiger charge is -2.25. The fraction of sp³-hybridized carbons (Fsp3) is 0.538. The number of rotatable bonds is 2. The Balaban J connectivity index is 0.00000144. The molecule has 0 aliphatic carbocycles. The summed E-state index contributed by atoms with van der Waals surface area (Å²) in [5.41, 5.74) is 2.40. The molecule has 1 aliphatic rings. The first kappa shape index (κ1) is 14.6. The van der Waals surface area contributed by atoms with E-state index in [0.29, 0.717) is 6.04 Å². The molecule has 1 aliphatic heterocycles. The average Bonchev–Trinajstić information content (AvgIpc) is 2.30.